The lowest BCUT2D eigenvalue weighted by atomic mass is 9.87. The van der Waals surface area contributed by atoms with Gasteiger partial charge >= 0.3 is 0 Å². The van der Waals surface area contributed by atoms with Gasteiger partial charge < -0.3 is 9.64 Å². The highest BCUT2D eigenvalue weighted by Crippen LogP contribution is 2.27. The van der Waals surface area contributed by atoms with Crippen molar-refractivity contribution >= 4 is 15.9 Å². The average molecular weight is 309 g/mol. The van der Waals surface area contributed by atoms with E-state index in [9.17, 15) is 0 Å². The summed E-state index contributed by atoms with van der Waals surface area (Å²) in [4.78, 5) is 2.21. The van der Waals surface area contributed by atoms with Crippen LogP contribution in [0.4, 0.5) is 0 Å². The predicted molar refractivity (Wildman–Crippen MR) is 74.2 cm³/mol. The van der Waals surface area contributed by atoms with E-state index in [0.717, 1.165) is 24.0 Å². The Morgan fingerprint density at radius 1 is 1.50 bits per heavy atom. The average Bonchev–Trinajstić information content (AvgIpc) is 2.31. The molecule has 0 saturated carbocycles. The van der Waals surface area contributed by atoms with E-state index in [2.05, 4.69) is 52.1 Å². The maximum Gasteiger partial charge on any atom is 0.116 e. The number of hydrogen-bond donors (Lipinski definition) is 0. The van der Waals surface area contributed by atoms with Gasteiger partial charge in [0, 0.05) is 17.6 Å². The number of nitriles is 1. The van der Waals surface area contributed by atoms with Crippen LogP contribution in [0, 0.1) is 16.7 Å². The highest BCUT2D eigenvalue weighted by atomic mass is 79.9. The van der Waals surface area contributed by atoms with E-state index in [-0.39, 0.29) is 5.41 Å². The fraction of sp³-hybridized carbons (Fsp3) is 0.500. The van der Waals surface area contributed by atoms with E-state index in [0.29, 0.717) is 13.2 Å². The lowest BCUT2D eigenvalue weighted by Crippen LogP contribution is -2.49. The summed E-state index contributed by atoms with van der Waals surface area (Å²) in [5.41, 5.74) is 1.04. The summed E-state index contributed by atoms with van der Waals surface area (Å²) in [5, 5.41) is 9.14. The third-order valence-electron chi connectivity index (χ3n) is 3.24. The quantitative estimate of drug-likeness (QED) is 0.838. The largest absolute Gasteiger partial charge is 0.378 e. The van der Waals surface area contributed by atoms with Crippen LogP contribution in [0.3, 0.4) is 0 Å². The molecule has 0 spiro atoms. The minimum atomic E-state index is -0.272. The van der Waals surface area contributed by atoms with Gasteiger partial charge in [-0.2, -0.15) is 5.26 Å². The van der Waals surface area contributed by atoms with Crippen molar-refractivity contribution in [2.45, 2.75) is 6.42 Å². The Morgan fingerprint density at radius 3 is 2.83 bits per heavy atom. The van der Waals surface area contributed by atoms with Crippen LogP contribution in [0.2, 0.25) is 0 Å². The molecule has 2 rings (SSSR count). The van der Waals surface area contributed by atoms with Gasteiger partial charge in [0.05, 0.1) is 19.3 Å². The molecule has 1 heterocycles. The van der Waals surface area contributed by atoms with Gasteiger partial charge in [0.2, 0.25) is 0 Å². The first-order valence-electron chi connectivity index (χ1n) is 6.06. The second kappa shape index (κ2) is 5.83. The molecule has 0 amide bonds. The molecule has 1 aromatic rings. The lowest BCUT2D eigenvalue weighted by Gasteiger charge is -2.38. The van der Waals surface area contributed by atoms with E-state index in [4.69, 9.17) is 10.00 Å². The zero-order valence-electron chi connectivity index (χ0n) is 10.5. The molecule has 1 aromatic carbocycles. The fourth-order valence-electron chi connectivity index (χ4n) is 2.15. The van der Waals surface area contributed by atoms with Crippen LogP contribution < -0.4 is 0 Å². The van der Waals surface area contributed by atoms with Crippen molar-refractivity contribution in [1.29, 1.82) is 5.26 Å². The van der Waals surface area contributed by atoms with Gasteiger partial charge in [-0.25, -0.2) is 0 Å². The normalized spacial score (nSPS) is 17.2. The van der Waals surface area contributed by atoms with E-state index in [1.54, 1.807) is 0 Å². The monoisotopic (exact) mass is 308 g/mol. The number of hydrogen-bond acceptors (Lipinski definition) is 3. The fourth-order valence-corrected chi connectivity index (χ4v) is 2.59. The molecule has 0 bridgehead atoms. The second-order valence-electron chi connectivity index (χ2n) is 5.00. The van der Waals surface area contributed by atoms with Crippen LogP contribution in [-0.4, -0.2) is 38.3 Å². The molecule has 1 aliphatic heterocycles. The molecule has 96 valence electrons. The molecule has 0 N–H and O–H groups in total. The summed E-state index contributed by atoms with van der Waals surface area (Å²) in [6.07, 6.45) is 0.998. The highest BCUT2D eigenvalue weighted by Gasteiger charge is 2.39. The van der Waals surface area contributed by atoms with Crippen LogP contribution in [0.5, 0.6) is 0 Å². The molecule has 1 aliphatic rings. The minimum Gasteiger partial charge on any atom is -0.378 e. The van der Waals surface area contributed by atoms with E-state index >= 15 is 0 Å². The Kier molecular flexibility index (Phi) is 4.39. The Labute approximate surface area is 116 Å². The molecule has 0 aliphatic carbocycles. The van der Waals surface area contributed by atoms with E-state index < -0.39 is 0 Å². The summed E-state index contributed by atoms with van der Waals surface area (Å²) < 4.78 is 6.27. The molecule has 3 nitrogen and oxygen atoms in total. The van der Waals surface area contributed by atoms with Crippen molar-refractivity contribution in [3.8, 4) is 6.07 Å². The smallest absolute Gasteiger partial charge is 0.116 e. The SMILES string of the molecule is CN(CCc1cccc(Br)c1)CC1(C#N)COC1. The van der Waals surface area contributed by atoms with Crippen molar-refractivity contribution in [1.82, 2.24) is 4.90 Å². The topological polar surface area (TPSA) is 36.3 Å². The number of nitrogens with zero attached hydrogens (tertiary/aromatic N) is 2. The molecule has 18 heavy (non-hydrogen) atoms. The zero-order chi connectivity index (χ0) is 13.0. The standard InChI is InChI=1S/C14H17BrN2O/c1-17(9-14(8-16)10-18-11-14)6-5-12-3-2-4-13(15)7-12/h2-4,7H,5-6,9-11H2,1H3. The predicted octanol–water partition coefficient (Wildman–Crippen LogP) is 2.46. The minimum absolute atomic E-state index is 0.272. The molecule has 4 heteroatoms. The van der Waals surface area contributed by atoms with Gasteiger partial charge in [0.1, 0.15) is 5.41 Å². The van der Waals surface area contributed by atoms with Gasteiger partial charge in [-0.3, -0.25) is 0 Å². The maximum absolute atomic E-state index is 9.14. The van der Waals surface area contributed by atoms with Crippen LogP contribution in [0.15, 0.2) is 28.7 Å². The summed E-state index contributed by atoms with van der Waals surface area (Å²) in [5.74, 6) is 0. The summed E-state index contributed by atoms with van der Waals surface area (Å²) in [6.45, 7) is 2.90. The van der Waals surface area contributed by atoms with Crippen LogP contribution in [0.25, 0.3) is 0 Å². The first-order valence-corrected chi connectivity index (χ1v) is 6.85. The highest BCUT2D eigenvalue weighted by molar-refractivity contribution is 9.10. The van der Waals surface area contributed by atoms with Crippen molar-refractivity contribution in [2.75, 3.05) is 33.4 Å². The van der Waals surface area contributed by atoms with Crippen LogP contribution in [-0.2, 0) is 11.2 Å². The first kappa shape index (κ1) is 13.5. The molecule has 1 fully saturated rings. The van der Waals surface area contributed by atoms with Gasteiger partial charge in [0.15, 0.2) is 0 Å². The Morgan fingerprint density at radius 2 is 2.28 bits per heavy atom. The van der Waals surface area contributed by atoms with Gasteiger partial charge in [-0.15, -0.1) is 0 Å². The summed E-state index contributed by atoms with van der Waals surface area (Å²) in [6, 6.07) is 10.7. The lowest BCUT2D eigenvalue weighted by molar-refractivity contribution is -0.0886. The molecule has 0 radical (unpaired) electrons. The third kappa shape index (κ3) is 3.32. The van der Waals surface area contributed by atoms with Crippen LogP contribution >= 0.6 is 15.9 Å². The number of rotatable bonds is 5. The third-order valence-corrected chi connectivity index (χ3v) is 3.73. The van der Waals surface area contributed by atoms with Gasteiger partial charge in [-0.1, -0.05) is 28.1 Å². The number of benzene rings is 1. The van der Waals surface area contributed by atoms with E-state index in [1.165, 1.54) is 5.56 Å². The summed E-state index contributed by atoms with van der Waals surface area (Å²) in [7, 11) is 2.06. The van der Waals surface area contributed by atoms with Crippen molar-refractivity contribution in [2.24, 2.45) is 5.41 Å². The molecule has 0 unspecified atom stereocenters. The molecule has 1 saturated heterocycles. The number of ether oxygens (including phenoxy) is 1. The number of likely N-dealkylation sites (N-methyl/N-ethyl adjacent to an activating group) is 1. The Balaban J connectivity index is 1.82. The van der Waals surface area contributed by atoms with Gasteiger partial charge in [0.25, 0.3) is 0 Å². The Hall–Kier alpha value is -0.890. The second-order valence-corrected chi connectivity index (χ2v) is 5.92. The first-order chi connectivity index (χ1) is 8.63. The summed E-state index contributed by atoms with van der Waals surface area (Å²) >= 11 is 3.48. The maximum atomic E-state index is 9.14. The van der Waals surface area contributed by atoms with Gasteiger partial charge in [-0.05, 0) is 31.2 Å². The zero-order valence-corrected chi connectivity index (χ0v) is 12.1. The van der Waals surface area contributed by atoms with Crippen molar-refractivity contribution < 1.29 is 4.74 Å². The molecular formula is C14H17BrN2O. The molecule has 0 aromatic heterocycles. The number of halogens is 1. The molecule has 0 atom stereocenters. The Bertz CT molecular complexity index is 451. The molecular weight excluding hydrogens is 292 g/mol. The van der Waals surface area contributed by atoms with E-state index in [1.807, 2.05) is 6.07 Å². The van der Waals surface area contributed by atoms with Crippen LogP contribution in [0.1, 0.15) is 5.56 Å². The van der Waals surface area contributed by atoms with Crippen molar-refractivity contribution in [3.05, 3.63) is 34.3 Å². The van der Waals surface area contributed by atoms with Crippen molar-refractivity contribution in [3.63, 3.8) is 0 Å².